The zero-order chi connectivity index (χ0) is 11.8. The van der Waals surface area contributed by atoms with Crippen molar-refractivity contribution in [1.82, 2.24) is 10.6 Å². The lowest BCUT2D eigenvalue weighted by molar-refractivity contribution is -0.125. The summed E-state index contributed by atoms with van der Waals surface area (Å²) in [4.78, 5) is 11.8. The van der Waals surface area contributed by atoms with Crippen LogP contribution in [0.15, 0.2) is 11.5 Å². The van der Waals surface area contributed by atoms with E-state index < -0.39 is 9.84 Å². The van der Waals surface area contributed by atoms with Gasteiger partial charge in [-0.1, -0.05) is 6.92 Å². The minimum atomic E-state index is -3.09. The lowest BCUT2D eigenvalue weighted by atomic mass is 9.97. The summed E-state index contributed by atoms with van der Waals surface area (Å²) in [6, 6.07) is -0.356. The molecule has 2 rings (SSSR count). The molecule has 0 aromatic rings. The summed E-state index contributed by atoms with van der Waals surface area (Å²) in [5.74, 6) is 0.204. The summed E-state index contributed by atoms with van der Waals surface area (Å²) >= 11 is 0. The van der Waals surface area contributed by atoms with Crippen molar-refractivity contribution in [2.45, 2.75) is 13.0 Å². The quantitative estimate of drug-likeness (QED) is 0.671. The van der Waals surface area contributed by atoms with Gasteiger partial charge in [0.05, 0.1) is 17.7 Å². The fourth-order valence-corrected chi connectivity index (χ4v) is 3.35. The summed E-state index contributed by atoms with van der Waals surface area (Å²) in [5.41, 5.74) is 0. The van der Waals surface area contributed by atoms with Crippen LogP contribution >= 0.6 is 0 Å². The van der Waals surface area contributed by atoms with Crippen LogP contribution in [0.4, 0.5) is 0 Å². The number of carbonyl (C=O) groups excluding carboxylic acids is 1. The molecule has 1 fully saturated rings. The van der Waals surface area contributed by atoms with Crippen LogP contribution in [0.25, 0.3) is 0 Å². The Kier molecular flexibility index (Phi) is 3.03. The normalized spacial score (nSPS) is 36.4. The van der Waals surface area contributed by atoms with Gasteiger partial charge in [-0.25, -0.2) is 8.42 Å². The van der Waals surface area contributed by atoms with Crippen LogP contribution in [0.1, 0.15) is 6.92 Å². The summed E-state index contributed by atoms with van der Waals surface area (Å²) in [5, 5.41) is 7.08. The van der Waals surface area contributed by atoms with Crippen molar-refractivity contribution in [2.24, 2.45) is 11.8 Å². The van der Waals surface area contributed by atoms with Gasteiger partial charge in [0.1, 0.15) is 0 Å². The number of hydrogen-bond acceptors (Lipinski definition) is 4. The minimum absolute atomic E-state index is 0.00668. The third-order valence-electron chi connectivity index (χ3n) is 3.11. The van der Waals surface area contributed by atoms with E-state index in [1.165, 1.54) is 5.41 Å². The summed E-state index contributed by atoms with van der Waals surface area (Å²) < 4.78 is 22.3. The largest absolute Gasteiger partial charge is 0.349 e. The predicted molar refractivity (Wildman–Crippen MR) is 60.4 cm³/mol. The fourth-order valence-electron chi connectivity index (χ4n) is 2.12. The average molecular weight is 244 g/mol. The summed E-state index contributed by atoms with van der Waals surface area (Å²) in [6.45, 7) is 3.54. The minimum Gasteiger partial charge on any atom is -0.349 e. The first-order valence-electron chi connectivity index (χ1n) is 5.40. The highest BCUT2D eigenvalue weighted by Gasteiger charge is 2.32. The van der Waals surface area contributed by atoms with Crippen LogP contribution in [0.5, 0.6) is 0 Å². The zero-order valence-electron chi connectivity index (χ0n) is 9.14. The van der Waals surface area contributed by atoms with Gasteiger partial charge < -0.3 is 10.6 Å². The van der Waals surface area contributed by atoms with Crippen molar-refractivity contribution in [2.75, 3.05) is 18.8 Å². The second-order valence-electron chi connectivity index (χ2n) is 4.52. The van der Waals surface area contributed by atoms with Gasteiger partial charge in [-0.2, -0.15) is 0 Å². The van der Waals surface area contributed by atoms with E-state index in [0.717, 1.165) is 6.54 Å². The van der Waals surface area contributed by atoms with Gasteiger partial charge >= 0.3 is 0 Å². The molecule has 3 atom stereocenters. The SMILES string of the molecule is C[C@@H]1CNC[C@H]1C(=O)NC1C=CS(=O)(=O)C1. The third-order valence-corrected chi connectivity index (χ3v) is 4.51. The molecule has 0 radical (unpaired) electrons. The van der Waals surface area contributed by atoms with Gasteiger partial charge in [0.15, 0.2) is 9.84 Å². The highest BCUT2D eigenvalue weighted by atomic mass is 32.2. The Hall–Kier alpha value is -0.880. The topological polar surface area (TPSA) is 75.3 Å². The fraction of sp³-hybridized carbons (Fsp3) is 0.700. The van der Waals surface area contributed by atoms with Crippen molar-refractivity contribution in [3.63, 3.8) is 0 Å². The number of hydrogen-bond donors (Lipinski definition) is 2. The summed E-state index contributed by atoms with van der Waals surface area (Å²) in [7, 11) is -3.09. The zero-order valence-corrected chi connectivity index (χ0v) is 9.96. The molecule has 1 amide bonds. The average Bonchev–Trinajstić information content (AvgIpc) is 2.72. The van der Waals surface area contributed by atoms with Crippen molar-refractivity contribution in [3.05, 3.63) is 11.5 Å². The number of amides is 1. The molecule has 0 aliphatic carbocycles. The van der Waals surface area contributed by atoms with Crippen LogP contribution in [-0.2, 0) is 14.6 Å². The monoisotopic (exact) mass is 244 g/mol. The van der Waals surface area contributed by atoms with Crippen LogP contribution in [0.3, 0.4) is 0 Å². The lowest BCUT2D eigenvalue weighted by Gasteiger charge is -2.16. The molecule has 16 heavy (non-hydrogen) atoms. The molecule has 0 bridgehead atoms. The molecule has 1 unspecified atom stereocenters. The number of carbonyl (C=O) groups is 1. The molecule has 2 aliphatic rings. The van der Waals surface area contributed by atoms with Gasteiger partial charge in [-0.05, 0) is 18.5 Å². The Bertz CT molecular complexity index is 416. The summed E-state index contributed by atoms with van der Waals surface area (Å²) in [6.07, 6.45) is 1.54. The molecule has 0 aromatic carbocycles. The second kappa shape index (κ2) is 4.18. The van der Waals surface area contributed by atoms with E-state index in [9.17, 15) is 13.2 Å². The van der Waals surface area contributed by atoms with E-state index in [4.69, 9.17) is 0 Å². The van der Waals surface area contributed by atoms with Gasteiger partial charge in [0.25, 0.3) is 0 Å². The van der Waals surface area contributed by atoms with Crippen molar-refractivity contribution in [3.8, 4) is 0 Å². The maximum absolute atomic E-state index is 11.8. The van der Waals surface area contributed by atoms with E-state index in [1.807, 2.05) is 6.92 Å². The van der Waals surface area contributed by atoms with E-state index in [0.29, 0.717) is 12.5 Å². The molecule has 6 heteroatoms. The Morgan fingerprint density at radius 1 is 1.44 bits per heavy atom. The smallest absolute Gasteiger partial charge is 0.225 e. The molecule has 0 spiro atoms. The molecule has 2 N–H and O–H groups in total. The number of nitrogens with one attached hydrogen (secondary N) is 2. The van der Waals surface area contributed by atoms with Crippen LogP contribution in [0, 0.1) is 11.8 Å². The van der Waals surface area contributed by atoms with Gasteiger partial charge in [-0.15, -0.1) is 0 Å². The van der Waals surface area contributed by atoms with Crippen LogP contribution < -0.4 is 10.6 Å². The highest BCUT2D eigenvalue weighted by Crippen LogP contribution is 2.17. The Morgan fingerprint density at radius 3 is 2.69 bits per heavy atom. The molecule has 0 saturated carbocycles. The molecule has 2 aliphatic heterocycles. The first kappa shape index (κ1) is 11.6. The maximum Gasteiger partial charge on any atom is 0.225 e. The third kappa shape index (κ3) is 2.44. The van der Waals surface area contributed by atoms with Gasteiger partial charge in [0.2, 0.25) is 5.91 Å². The Balaban J connectivity index is 1.91. The number of sulfone groups is 1. The van der Waals surface area contributed by atoms with Crippen LogP contribution in [0.2, 0.25) is 0 Å². The molecule has 0 aromatic heterocycles. The van der Waals surface area contributed by atoms with Gasteiger partial charge in [-0.3, -0.25) is 4.79 Å². The molecular formula is C10H16N2O3S. The molecular weight excluding hydrogens is 228 g/mol. The first-order chi connectivity index (χ1) is 7.48. The maximum atomic E-state index is 11.8. The van der Waals surface area contributed by atoms with Crippen LogP contribution in [-0.4, -0.2) is 39.2 Å². The Labute approximate surface area is 95.2 Å². The van der Waals surface area contributed by atoms with Crippen molar-refractivity contribution < 1.29 is 13.2 Å². The predicted octanol–water partition coefficient (Wildman–Crippen LogP) is -0.731. The first-order valence-corrected chi connectivity index (χ1v) is 7.11. The molecule has 1 saturated heterocycles. The van der Waals surface area contributed by atoms with E-state index >= 15 is 0 Å². The highest BCUT2D eigenvalue weighted by molar-refractivity contribution is 7.94. The second-order valence-corrected chi connectivity index (χ2v) is 6.45. The standard InChI is InChI=1S/C10H16N2O3S/c1-7-4-11-5-9(7)10(13)12-8-2-3-16(14,15)6-8/h2-3,7-9,11H,4-6H2,1H3,(H,12,13)/t7-,8?,9-/m1/s1. The van der Waals surface area contributed by atoms with Gasteiger partial charge in [0, 0.05) is 12.0 Å². The van der Waals surface area contributed by atoms with Crippen molar-refractivity contribution >= 4 is 15.7 Å². The van der Waals surface area contributed by atoms with E-state index in [1.54, 1.807) is 6.08 Å². The lowest BCUT2D eigenvalue weighted by Crippen LogP contribution is -2.41. The molecule has 2 heterocycles. The number of rotatable bonds is 2. The van der Waals surface area contributed by atoms with E-state index in [-0.39, 0.29) is 23.6 Å². The molecule has 5 nitrogen and oxygen atoms in total. The van der Waals surface area contributed by atoms with E-state index in [2.05, 4.69) is 10.6 Å². The van der Waals surface area contributed by atoms with Crippen molar-refractivity contribution in [1.29, 1.82) is 0 Å². The Morgan fingerprint density at radius 2 is 2.19 bits per heavy atom. The molecule has 90 valence electrons.